The van der Waals surface area contributed by atoms with Crippen molar-refractivity contribution in [3.05, 3.63) is 150 Å². The molecule has 2 amide bonds. The van der Waals surface area contributed by atoms with Gasteiger partial charge in [0, 0.05) is 25.4 Å². The van der Waals surface area contributed by atoms with Gasteiger partial charge in [-0.05, 0) is 34.1 Å². The molecule has 2 N–H and O–H groups in total. The van der Waals surface area contributed by atoms with Crippen LogP contribution in [0.4, 0.5) is 16.2 Å². The van der Waals surface area contributed by atoms with E-state index in [0.717, 1.165) is 23.1 Å². The molecule has 4 aromatic carbocycles. The number of benzene rings is 4. The number of carbonyl (C=O) groups is 3. The second-order valence-electron chi connectivity index (χ2n) is 15.8. The Morgan fingerprint density at radius 3 is 1.97 bits per heavy atom. The zero-order chi connectivity index (χ0) is 42.8. The molecule has 0 aliphatic carbocycles. The van der Waals surface area contributed by atoms with E-state index in [1.54, 1.807) is 47.3 Å². The summed E-state index contributed by atoms with van der Waals surface area (Å²) in [6.07, 6.45) is 5.06. The number of amides is 2. The van der Waals surface area contributed by atoms with Crippen molar-refractivity contribution in [2.45, 2.75) is 51.7 Å². The van der Waals surface area contributed by atoms with Gasteiger partial charge >= 0.3 is 265 Å². The first kappa shape index (κ1) is 44.8. The number of nitrogens with one attached hydrogen (secondary N) is 2. The topological polar surface area (TPSA) is 124 Å². The summed E-state index contributed by atoms with van der Waals surface area (Å²) in [7, 11) is -0.0799. The predicted octanol–water partition coefficient (Wildman–Crippen LogP) is 10.4. The number of halogens is 2. The van der Waals surface area contributed by atoms with E-state index in [1.165, 1.54) is 23.0 Å². The number of ketones is 1. The monoisotopic (exact) mass is 969 g/mol. The fourth-order valence-electron chi connectivity index (χ4n) is 7.07. The predicted molar refractivity (Wildman–Crippen MR) is 255 cm³/mol. The van der Waals surface area contributed by atoms with Crippen molar-refractivity contribution in [1.82, 2.24) is 14.5 Å². The molecule has 2 aromatic heterocycles. The van der Waals surface area contributed by atoms with Crippen LogP contribution in [-0.2, 0) is 21.0 Å². The number of ether oxygens (including phenoxy) is 2. The van der Waals surface area contributed by atoms with Gasteiger partial charge in [0.15, 0.2) is 0 Å². The van der Waals surface area contributed by atoms with Gasteiger partial charge in [-0.1, -0.05) is 19.6 Å². The number of hydrogen-bond acceptors (Lipinski definition) is 7. The average molecular weight is 972 g/mol. The summed E-state index contributed by atoms with van der Waals surface area (Å²) in [5.41, 5.74) is 2.05. The molecule has 14 heteroatoms. The molecule has 312 valence electrons. The number of pyridine rings is 1. The summed E-state index contributed by atoms with van der Waals surface area (Å²) in [5.74, 6) is -0.430. The number of unbranched alkanes of at least 4 members (excludes halogenated alkanes) is 1. The first-order valence-electron chi connectivity index (χ1n) is 19.8. The Balaban J connectivity index is 1.28. The Morgan fingerprint density at radius 2 is 1.42 bits per heavy atom. The van der Waals surface area contributed by atoms with Gasteiger partial charge in [0.2, 0.25) is 0 Å². The zero-order valence-corrected chi connectivity index (χ0v) is 39.3. The normalized spacial score (nSPS) is 12.3. The molecule has 0 aliphatic heterocycles. The second kappa shape index (κ2) is 19.7. The molecule has 60 heavy (non-hydrogen) atoms. The van der Waals surface area contributed by atoms with Crippen molar-refractivity contribution in [3.8, 4) is 11.3 Å². The van der Waals surface area contributed by atoms with Gasteiger partial charge in [-0.25, -0.2) is 0 Å². The van der Waals surface area contributed by atoms with E-state index in [2.05, 4.69) is 139 Å². The van der Waals surface area contributed by atoms with E-state index in [0.29, 0.717) is 35.7 Å². The van der Waals surface area contributed by atoms with Crippen molar-refractivity contribution >= 4 is 89.9 Å². The number of nitrogens with zero attached hydrogens (tertiary/aromatic N) is 3. The van der Waals surface area contributed by atoms with Crippen LogP contribution in [0, 0.1) is 0 Å². The standard InChI is InChI=1S/C46H50Br2N5O5PSi/c1-57-46(56)50-35-24-25-39(42-32-53(33-58-27-29-60(2,3)4)45(52-42)44(55)40-26-23-34(47)31-49-40)41(30-35)51-43(54)22-14-15-28-59(48,36-16-8-5-9-17-36,37-18-10-6-11-19-37)38-20-12-7-13-21-38/h5-13,16-21,23-26,30-32H,14-15,22,27-29,33H2,1-4H3,(H,50,56)(H,51,54). The van der Waals surface area contributed by atoms with Gasteiger partial charge in [-0.3, -0.25) is 9.78 Å². The number of methoxy groups -OCH3 is 1. The molecule has 2 heterocycles. The number of hydrogen-bond donors (Lipinski definition) is 2. The van der Waals surface area contributed by atoms with Crippen LogP contribution in [0.1, 0.15) is 35.6 Å². The quantitative estimate of drug-likeness (QED) is 0.0380. The zero-order valence-electron chi connectivity index (χ0n) is 34.2. The van der Waals surface area contributed by atoms with Crippen molar-refractivity contribution in [2.75, 3.05) is 30.5 Å². The molecule has 10 nitrogen and oxygen atoms in total. The first-order valence-corrected chi connectivity index (χ1v) is 28.7. The molecular formula is C46H50Br2N5O5PSi. The fraction of sp³-hybridized carbons (Fsp3) is 0.239. The van der Waals surface area contributed by atoms with E-state index >= 15 is 0 Å². The third kappa shape index (κ3) is 10.6. The molecule has 0 spiro atoms. The molecule has 0 saturated carbocycles. The Bertz CT molecular complexity index is 2310. The van der Waals surface area contributed by atoms with Crippen molar-refractivity contribution in [3.63, 3.8) is 0 Å². The first-order chi connectivity index (χ1) is 28.8. The number of imidazole rings is 1. The van der Waals surface area contributed by atoms with Gasteiger partial charge < -0.3 is 4.74 Å². The average Bonchev–Trinajstić information content (AvgIpc) is 3.68. The fourth-order valence-corrected chi connectivity index (χ4v) is 15.8. The van der Waals surface area contributed by atoms with Crippen LogP contribution in [0.2, 0.25) is 25.7 Å². The molecule has 0 aliphatic rings. The molecule has 0 saturated heterocycles. The molecule has 0 atom stereocenters. The number of rotatable bonds is 18. The molecule has 0 fully saturated rings. The molecule has 0 radical (unpaired) electrons. The minimum absolute atomic E-state index is 0.104. The van der Waals surface area contributed by atoms with Crippen molar-refractivity contribution < 1.29 is 23.9 Å². The summed E-state index contributed by atoms with van der Waals surface area (Å²) in [6, 6.07) is 41.3. The maximum atomic E-state index is 13.9. The van der Waals surface area contributed by atoms with Crippen molar-refractivity contribution in [2.24, 2.45) is 0 Å². The summed E-state index contributed by atoms with van der Waals surface area (Å²) >= 11 is 7.90. The molecule has 0 unspecified atom stereocenters. The van der Waals surface area contributed by atoms with Crippen LogP contribution in [0.25, 0.3) is 11.3 Å². The van der Waals surface area contributed by atoms with Gasteiger partial charge in [0.1, 0.15) is 5.69 Å². The van der Waals surface area contributed by atoms with Gasteiger partial charge in [-0.2, -0.15) is 0 Å². The summed E-state index contributed by atoms with van der Waals surface area (Å²) in [5, 5.41) is 6.29. The molecular weight excluding hydrogens is 921 g/mol. The molecule has 6 aromatic rings. The third-order valence-corrected chi connectivity index (χ3v) is 22.5. The summed E-state index contributed by atoms with van der Waals surface area (Å²) < 4.78 is 13.3. The van der Waals surface area contributed by atoms with Crippen LogP contribution in [0.3, 0.4) is 0 Å². The van der Waals surface area contributed by atoms with Crippen LogP contribution in [0.5, 0.6) is 0 Å². The summed E-state index contributed by atoms with van der Waals surface area (Å²) in [4.78, 5) is 49.1. The van der Waals surface area contributed by atoms with Crippen LogP contribution >= 0.6 is 36.7 Å². The van der Waals surface area contributed by atoms with Gasteiger partial charge in [0.05, 0.1) is 7.11 Å². The van der Waals surface area contributed by atoms with E-state index in [9.17, 15) is 14.4 Å². The van der Waals surface area contributed by atoms with E-state index in [4.69, 9.17) is 14.5 Å². The van der Waals surface area contributed by atoms with Crippen LogP contribution in [0.15, 0.2) is 138 Å². The number of anilines is 2. The van der Waals surface area contributed by atoms with E-state index in [1.807, 2.05) is 18.2 Å². The number of carbonyl (C=O) groups excluding carboxylic acids is 3. The van der Waals surface area contributed by atoms with E-state index in [-0.39, 0.29) is 36.4 Å². The maximum absolute atomic E-state index is 13.9. The van der Waals surface area contributed by atoms with E-state index < -0.39 is 19.5 Å². The Labute approximate surface area is 369 Å². The Morgan fingerprint density at radius 1 is 0.800 bits per heavy atom. The second-order valence-corrected chi connectivity index (χ2v) is 31.3. The summed E-state index contributed by atoms with van der Waals surface area (Å²) in [6.45, 7) is 7.49. The minimum atomic E-state index is -3.16. The number of aromatic nitrogens is 3. The van der Waals surface area contributed by atoms with Gasteiger partial charge in [-0.15, -0.1) is 0 Å². The van der Waals surface area contributed by atoms with Crippen LogP contribution in [-0.4, -0.2) is 60.3 Å². The SMILES string of the molecule is COC(=O)Nc1ccc(-c2cn(COCC[Si](C)(C)C)c(C(=O)c3ccc(Br)cn3)n2)c(NC(=O)CCCCP(Br)(c2ccccc2)(c2ccccc2)c2ccccc2)c1. The Hall–Kier alpha value is -4.78. The molecule has 0 bridgehead atoms. The van der Waals surface area contributed by atoms with Crippen molar-refractivity contribution in [1.29, 1.82) is 0 Å². The van der Waals surface area contributed by atoms with Crippen LogP contribution < -0.4 is 26.5 Å². The molecule has 6 rings (SSSR count). The Kier molecular flexibility index (Phi) is 14.7. The third-order valence-electron chi connectivity index (χ3n) is 10.3. The van der Waals surface area contributed by atoms with Gasteiger partial charge in [0.25, 0.3) is 0 Å².